The van der Waals surface area contributed by atoms with Gasteiger partial charge in [-0.2, -0.15) is 0 Å². The number of carbonyl (C=O) groups excluding carboxylic acids is 1. The van der Waals surface area contributed by atoms with Gasteiger partial charge in [0.15, 0.2) is 5.78 Å². The lowest BCUT2D eigenvalue weighted by molar-refractivity contribution is 0.0960. The molecule has 1 aromatic carbocycles. The Hall–Kier alpha value is -1.19. The van der Waals surface area contributed by atoms with Crippen molar-refractivity contribution in [2.24, 2.45) is 0 Å². The molecule has 1 fully saturated rings. The molecule has 2 rings (SSSR count). The summed E-state index contributed by atoms with van der Waals surface area (Å²) in [6, 6.07) is 7.83. The quantitative estimate of drug-likeness (QED) is 0.765. The molecule has 0 atom stereocenters. The lowest BCUT2D eigenvalue weighted by Gasteiger charge is -2.18. The molecule has 1 aliphatic rings. The zero-order valence-electron chi connectivity index (χ0n) is 11.0. The van der Waals surface area contributed by atoms with Gasteiger partial charge in [0.25, 0.3) is 0 Å². The van der Waals surface area contributed by atoms with E-state index in [4.69, 9.17) is 4.74 Å². The van der Waals surface area contributed by atoms with Crippen LogP contribution in [-0.2, 0) is 4.74 Å². The first-order chi connectivity index (χ1) is 8.75. The largest absolute Gasteiger partial charge is 0.380 e. The van der Waals surface area contributed by atoms with Crippen molar-refractivity contribution in [3.8, 4) is 0 Å². The summed E-state index contributed by atoms with van der Waals surface area (Å²) in [5.41, 5.74) is 1.98. The molecule has 0 N–H and O–H groups in total. The highest BCUT2D eigenvalue weighted by molar-refractivity contribution is 5.96. The van der Waals surface area contributed by atoms with Crippen molar-refractivity contribution in [2.45, 2.75) is 19.8 Å². The summed E-state index contributed by atoms with van der Waals surface area (Å²) in [5, 5.41) is 0. The van der Waals surface area contributed by atoms with Gasteiger partial charge in [0.2, 0.25) is 0 Å². The van der Waals surface area contributed by atoms with Crippen LogP contribution >= 0.6 is 0 Å². The van der Waals surface area contributed by atoms with Crippen LogP contribution in [0.3, 0.4) is 0 Å². The fourth-order valence-corrected chi connectivity index (χ4v) is 2.24. The Labute approximate surface area is 109 Å². The summed E-state index contributed by atoms with van der Waals surface area (Å²) in [7, 11) is 0. The molecular formula is C15H21NO2. The van der Waals surface area contributed by atoms with Crippen LogP contribution in [0.5, 0.6) is 0 Å². The summed E-state index contributed by atoms with van der Waals surface area (Å²) in [5.74, 6) is 0.240. The number of hydrogen-bond donors (Lipinski definition) is 0. The van der Waals surface area contributed by atoms with E-state index in [2.05, 4.69) is 4.90 Å². The molecule has 0 spiro atoms. The standard InChI is InChI=1S/C15H21NO2/c1-13-4-2-5-14(12-13)15(17)6-8-16-7-3-10-18-11-9-16/h2,4-5,12H,3,6-11H2,1H3. The maximum absolute atomic E-state index is 12.1. The van der Waals surface area contributed by atoms with Crippen LogP contribution in [0.15, 0.2) is 24.3 Å². The second-order valence-electron chi connectivity index (χ2n) is 4.85. The van der Waals surface area contributed by atoms with Crippen molar-refractivity contribution in [3.05, 3.63) is 35.4 Å². The number of ketones is 1. The Morgan fingerprint density at radius 2 is 2.22 bits per heavy atom. The molecular weight excluding hydrogens is 226 g/mol. The third-order valence-electron chi connectivity index (χ3n) is 3.31. The fourth-order valence-electron chi connectivity index (χ4n) is 2.24. The van der Waals surface area contributed by atoms with Gasteiger partial charge in [-0.15, -0.1) is 0 Å². The summed E-state index contributed by atoms with van der Waals surface area (Å²) >= 11 is 0. The first-order valence-electron chi connectivity index (χ1n) is 6.66. The van der Waals surface area contributed by atoms with E-state index in [1.807, 2.05) is 31.2 Å². The number of rotatable bonds is 4. The van der Waals surface area contributed by atoms with E-state index in [-0.39, 0.29) is 5.78 Å². The minimum atomic E-state index is 0.240. The third-order valence-corrected chi connectivity index (χ3v) is 3.31. The molecule has 0 unspecified atom stereocenters. The Kier molecular flexibility index (Phi) is 4.90. The van der Waals surface area contributed by atoms with Gasteiger partial charge in [-0.3, -0.25) is 4.79 Å². The molecule has 0 amide bonds. The molecule has 1 aliphatic heterocycles. The summed E-state index contributed by atoms with van der Waals surface area (Å²) in [6.45, 7) is 6.49. The van der Waals surface area contributed by atoms with E-state index in [0.717, 1.165) is 50.4 Å². The highest BCUT2D eigenvalue weighted by Crippen LogP contribution is 2.08. The lowest BCUT2D eigenvalue weighted by atomic mass is 10.1. The number of carbonyl (C=O) groups is 1. The first-order valence-corrected chi connectivity index (χ1v) is 6.66. The molecule has 0 radical (unpaired) electrons. The zero-order valence-corrected chi connectivity index (χ0v) is 11.0. The van der Waals surface area contributed by atoms with Crippen molar-refractivity contribution in [1.29, 1.82) is 0 Å². The minimum absolute atomic E-state index is 0.240. The minimum Gasteiger partial charge on any atom is -0.380 e. The van der Waals surface area contributed by atoms with E-state index in [1.54, 1.807) is 0 Å². The summed E-state index contributed by atoms with van der Waals surface area (Å²) in [4.78, 5) is 14.4. The Bertz CT molecular complexity index is 395. The van der Waals surface area contributed by atoms with E-state index < -0.39 is 0 Å². The molecule has 0 aliphatic carbocycles. The number of ether oxygens (including phenoxy) is 1. The summed E-state index contributed by atoms with van der Waals surface area (Å²) in [6.07, 6.45) is 1.67. The number of aryl methyl sites for hydroxylation is 1. The summed E-state index contributed by atoms with van der Waals surface area (Å²) < 4.78 is 5.41. The lowest BCUT2D eigenvalue weighted by Crippen LogP contribution is -2.28. The number of Topliss-reactive ketones (excluding diaryl/α,β-unsaturated/α-hetero) is 1. The molecule has 0 bridgehead atoms. The van der Waals surface area contributed by atoms with Crippen molar-refractivity contribution in [2.75, 3.05) is 32.8 Å². The molecule has 0 aromatic heterocycles. The average Bonchev–Trinajstić information content (AvgIpc) is 2.64. The maximum atomic E-state index is 12.1. The number of benzene rings is 1. The maximum Gasteiger partial charge on any atom is 0.164 e. The van der Waals surface area contributed by atoms with Crippen molar-refractivity contribution >= 4 is 5.78 Å². The Balaban J connectivity index is 1.84. The van der Waals surface area contributed by atoms with Crippen LogP contribution in [0.4, 0.5) is 0 Å². The van der Waals surface area contributed by atoms with E-state index >= 15 is 0 Å². The monoisotopic (exact) mass is 247 g/mol. The number of hydrogen-bond acceptors (Lipinski definition) is 3. The Morgan fingerprint density at radius 1 is 1.33 bits per heavy atom. The average molecular weight is 247 g/mol. The van der Waals surface area contributed by atoms with Gasteiger partial charge in [0.05, 0.1) is 6.61 Å². The van der Waals surface area contributed by atoms with Crippen LogP contribution < -0.4 is 0 Å². The second kappa shape index (κ2) is 6.66. The molecule has 1 saturated heterocycles. The van der Waals surface area contributed by atoms with Gasteiger partial charge < -0.3 is 9.64 Å². The van der Waals surface area contributed by atoms with Crippen molar-refractivity contribution in [1.82, 2.24) is 4.90 Å². The molecule has 1 heterocycles. The molecule has 0 saturated carbocycles. The third kappa shape index (κ3) is 3.93. The normalized spacial score (nSPS) is 17.4. The molecule has 3 nitrogen and oxygen atoms in total. The predicted octanol–water partition coefficient (Wildman–Crippen LogP) is 2.29. The highest BCUT2D eigenvalue weighted by Gasteiger charge is 2.12. The van der Waals surface area contributed by atoms with Gasteiger partial charge in [-0.25, -0.2) is 0 Å². The zero-order chi connectivity index (χ0) is 12.8. The van der Waals surface area contributed by atoms with Crippen LogP contribution in [0, 0.1) is 6.92 Å². The first kappa shape index (κ1) is 13.2. The fraction of sp³-hybridized carbons (Fsp3) is 0.533. The van der Waals surface area contributed by atoms with Gasteiger partial charge in [0, 0.05) is 38.2 Å². The van der Waals surface area contributed by atoms with Gasteiger partial charge in [-0.05, 0) is 19.4 Å². The van der Waals surface area contributed by atoms with Crippen LogP contribution in [0.2, 0.25) is 0 Å². The Morgan fingerprint density at radius 3 is 3.06 bits per heavy atom. The SMILES string of the molecule is Cc1cccc(C(=O)CCN2CCCOCC2)c1. The van der Waals surface area contributed by atoms with Crippen molar-refractivity contribution in [3.63, 3.8) is 0 Å². The van der Waals surface area contributed by atoms with E-state index in [0.29, 0.717) is 6.42 Å². The van der Waals surface area contributed by atoms with Gasteiger partial charge in [0.1, 0.15) is 0 Å². The molecule has 98 valence electrons. The topological polar surface area (TPSA) is 29.5 Å². The smallest absolute Gasteiger partial charge is 0.164 e. The molecule has 18 heavy (non-hydrogen) atoms. The van der Waals surface area contributed by atoms with Gasteiger partial charge in [-0.1, -0.05) is 23.8 Å². The van der Waals surface area contributed by atoms with E-state index in [9.17, 15) is 4.79 Å². The number of nitrogens with zero attached hydrogens (tertiary/aromatic N) is 1. The van der Waals surface area contributed by atoms with Gasteiger partial charge >= 0.3 is 0 Å². The van der Waals surface area contributed by atoms with Crippen LogP contribution in [0.1, 0.15) is 28.8 Å². The van der Waals surface area contributed by atoms with Crippen LogP contribution in [-0.4, -0.2) is 43.5 Å². The highest BCUT2D eigenvalue weighted by atomic mass is 16.5. The van der Waals surface area contributed by atoms with E-state index in [1.165, 1.54) is 0 Å². The molecule has 3 heteroatoms. The second-order valence-corrected chi connectivity index (χ2v) is 4.85. The predicted molar refractivity (Wildman–Crippen MR) is 72.0 cm³/mol. The van der Waals surface area contributed by atoms with Crippen molar-refractivity contribution < 1.29 is 9.53 Å². The molecule has 1 aromatic rings. The van der Waals surface area contributed by atoms with Crippen LogP contribution in [0.25, 0.3) is 0 Å².